The highest BCUT2D eigenvalue weighted by atomic mass is 19.3. The summed E-state index contributed by atoms with van der Waals surface area (Å²) in [4.78, 5) is 4.17. The minimum Gasteiger partial charge on any atom is -0.329 e. The van der Waals surface area contributed by atoms with Crippen molar-refractivity contribution in [3.63, 3.8) is 0 Å². The zero-order valence-corrected chi connectivity index (χ0v) is 9.88. The highest BCUT2D eigenvalue weighted by molar-refractivity contribution is 4.67. The molecule has 16 heavy (non-hydrogen) atoms. The zero-order chi connectivity index (χ0) is 11.8. The van der Waals surface area contributed by atoms with E-state index in [0.29, 0.717) is 13.1 Å². The summed E-state index contributed by atoms with van der Waals surface area (Å²) in [5.74, 6) is 0. The lowest BCUT2D eigenvalue weighted by Crippen LogP contribution is -2.35. The molecule has 1 rings (SSSR count). The molecule has 0 spiro atoms. The molecular weight excluding hydrogens is 212 g/mol. The SMILES string of the molecule is NCCN(CCCN1CCCC1)CC(F)F. The summed E-state index contributed by atoms with van der Waals surface area (Å²) < 4.78 is 24.5. The van der Waals surface area contributed by atoms with Crippen LogP contribution in [0.5, 0.6) is 0 Å². The zero-order valence-electron chi connectivity index (χ0n) is 9.88. The molecule has 0 saturated carbocycles. The Kier molecular flexibility index (Phi) is 6.84. The van der Waals surface area contributed by atoms with Crippen molar-refractivity contribution in [2.24, 2.45) is 5.73 Å². The van der Waals surface area contributed by atoms with Crippen LogP contribution in [0, 0.1) is 0 Å². The second-order valence-corrected chi connectivity index (χ2v) is 4.38. The van der Waals surface area contributed by atoms with Crippen molar-refractivity contribution in [1.82, 2.24) is 9.80 Å². The minimum absolute atomic E-state index is 0.142. The Hall–Kier alpha value is -0.260. The number of nitrogens with two attached hydrogens (primary N) is 1. The highest BCUT2D eigenvalue weighted by Crippen LogP contribution is 2.08. The van der Waals surface area contributed by atoms with E-state index >= 15 is 0 Å². The number of hydrogen-bond acceptors (Lipinski definition) is 3. The van der Waals surface area contributed by atoms with E-state index in [1.165, 1.54) is 25.9 Å². The van der Waals surface area contributed by atoms with Gasteiger partial charge in [0.1, 0.15) is 0 Å². The summed E-state index contributed by atoms with van der Waals surface area (Å²) in [6, 6.07) is 0. The third-order valence-electron chi connectivity index (χ3n) is 2.99. The molecule has 5 heteroatoms. The fraction of sp³-hybridized carbons (Fsp3) is 1.00. The molecule has 1 fully saturated rings. The Morgan fingerprint density at radius 3 is 2.44 bits per heavy atom. The molecule has 0 radical (unpaired) electrons. The fourth-order valence-corrected chi connectivity index (χ4v) is 2.20. The number of rotatable bonds is 8. The summed E-state index contributed by atoms with van der Waals surface area (Å²) in [6.45, 7) is 5.00. The first-order chi connectivity index (χ1) is 7.72. The molecule has 3 nitrogen and oxygen atoms in total. The maximum absolute atomic E-state index is 12.2. The topological polar surface area (TPSA) is 32.5 Å². The first kappa shape index (κ1) is 13.8. The summed E-state index contributed by atoms with van der Waals surface area (Å²) in [7, 11) is 0. The van der Waals surface area contributed by atoms with E-state index in [0.717, 1.165) is 19.5 Å². The smallest absolute Gasteiger partial charge is 0.251 e. The molecule has 1 saturated heterocycles. The van der Waals surface area contributed by atoms with Gasteiger partial charge in [0.15, 0.2) is 0 Å². The average molecular weight is 235 g/mol. The van der Waals surface area contributed by atoms with Gasteiger partial charge in [0.25, 0.3) is 6.43 Å². The van der Waals surface area contributed by atoms with Gasteiger partial charge >= 0.3 is 0 Å². The number of nitrogens with zero attached hydrogens (tertiary/aromatic N) is 2. The molecular formula is C11H23F2N3. The van der Waals surface area contributed by atoms with Gasteiger partial charge in [0, 0.05) is 13.1 Å². The first-order valence-electron chi connectivity index (χ1n) is 6.15. The molecule has 0 aromatic heterocycles. The molecule has 96 valence electrons. The standard InChI is InChI=1S/C11H23F2N3/c12-11(13)10-16(9-4-14)8-3-7-15-5-1-2-6-15/h11H,1-10,14H2. The second-order valence-electron chi connectivity index (χ2n) is 4.38. The van der Waals surface area contributed by atoms with Crippen molar-refractivity contribution < 1.29 is 8.78 Å². The summed E-state index contributed by atoms with van der Waals surface area (Å²) in [5, 5.41) is 0. The Morgan fingerprint density at radius 1 is 1.19 bits per heavy atom. The van der Waals surface area contributed by atoms with Crippen LogP contribution in [0.3, 0.4) is 0 Å². The molecule has 0 amide bonds. The van der Waals surface area contributed by atoms with Gasteiger partial charge in [-0.3, -0.25) is 4.90 Å². The monoisotopic (exact) mass is 235 g/mol. The number of likely N-dealkylation sites (tertiary alicyclic amines) is 1. The average Bonchev–Trinajstić information content (AvgIpc) is 2.70. The Morgan fingerprint density at radius 2 is 1.88 bits per heavy atom. The molecule has 2 N–H and O–H groups in total. The van der Waals surface area contributed by atoms with Gasteiger partial charge in [-0.25, -0.2) is 8.78 Å². The first-order valence-corrected chi connectivity index (χ1v) is 6.15. The molecule has 1 heterocycles. The van der Waals surface area contributed by atoms with E-state index in [1.807, 2.05) is 0 Å². The lowest BCUT2D eigenvalue weighted by Gasteiger charge is -2.22. The van der Waals surface area contributed by atoms with E-state index in [4.69, 9.17) is 5.73 Å². The quantitative estimate of drug-likeness (QED) is 0.681. The van der Waals surface area contributed by atoms with Crippen LogP contribution in [0.15, 0.2) is 0 Å². The Bertz CT molecular complexity index is 173. The molecule has 0 aromatic rings. The van der Waals surface area contributed by atoms with Crippen LogP contribution in [-0.2, 0) is 0 Å². The van der Waals surface area contributed by atoms with Crippen LogP contribution in [0.2, 0.25) is 0 Å². The van der Waals surface area contributed by atoms with Crippen molar-refractivity contribution >= 4 is 0 Å². The molecule has 0 unspecified atom stereocenters. The van der Waals surface area contributed by atoms with Gasteiger partial charge < -0.3 is 10.6 Å². The molecule has 1 aliphatic heterocycles. The normalized spacial score (nSPS) is 17.8. The third kappa shape index (κ3) is 5.72. The summed E-state index contributed by atoms with van der Waals surface area (Å²) in [6.07, 6.45) is 1.28. The van der Waals surface area contributed by atoms with Crippen LogP contribution in [0.1, 0.15) is 19.3 Å². The maximum Gasteiger partial charge on any atom is 0.251 e. The van der Waals surface area contributed by atoms with Crippen LogP contribution in [0.25, 0.3) is 0 Å². The number of hydrogen-bond donors (Lipinski definition) is 1. The van der Waals surface area contributed by atoms with Crippen molar-refractivity contribution in [1.29, 1.82) is 0 Å². The minimum atomic E-state index is -2.25. The van der Waals surface area contributed by atoms with Crippen LogP contribution in [0.4, 0.5) is 8.78 Å². The predicted octanol–water partition coefficient (Wildman–Crippen LogP) is 0.998. The van der Waals surface area contributed by atoms with Gasteiger partial charge in [-0.2, -0.15) is 0 Å². The molecule has 0 bridgehead atoms. The number of halogens is 2. The van der Waals surface area contributed by atoms with E-state index in [1.54, 1.807) is 4.90 Å². The predicted molar refractivity (Wildman–Crippen MR) is 61.8 cm³/mol. The molecule has 0 aliphatic carbocycles. The maximum atomic E-state index is 12.2. The van der Waals surface area contributed by atoms with Gasteiger partial charge in [-0.15, -0.1) is 0 Å². The molecule has 1 aliphatic rings. The van der Waals surface area contributed by atoms with E-state index in [9.17, 15) is 8.78 Å². The van der Waals surface area contributed by atoms with Crippen LogP contribution < -0.4 is 5.73 Å². The van der Waals surface area contributed by atoms with Gasteiger partial charge in [0.05, 0.1) is 6.54 Å². The van der Waals surface area contributed by atoms with Crippen LogP contribution in [-0.4, -0.2) is 62.0 Å². The van der Waals surface area contributed by atoms with E-state index < -0.39 is 6.43 Å². The van der Waals surface area contributed by atoms with Crippen molar-refractivity contribution in [3.05, 3.63) is 0 Å². The van der Waals surface area contributed by atoms with E-state index in [2.05, 4.69) is 4.90 Å². The van der Waals surface area contributed by atoms with Crippen molar-refractivity contribution in [3.8, 4) is 0 Å². The largest absolute Gasteiger partial charge is 0.329 e. The van der Waals surface area contributed by atoms with Crippen LogP contribution >= 0.6 is 0 Å². The summed E-state index contributed by atoms with van der Waals surface area (Å²) >= 11 is 0. The molecule has 0 aromatic carbocycles. The lowest BCUT2D eigenvalue weighted by atomic mass is 10.3. The Balaban J connectivity index is 2.10. The molecule has 0 atom stereocenters. The summed E-state index contributed by atoms with van der Waals surface area (Å²) in [5.41, 5.74) is 5.40. The second kappa shape index (κ2) is 7.92. The van der Waals surface area contributed by atoms with E-state index in [-0.39, 0.29) is 6.54 Å². The van der Waals surface area contributed by atoms with Gasteiger partial charge in [-0.1, -0.05) is 0 Å². The van der Waals surface area contributed by atoms with Crippen molar-refractivity contribution in [2.75, 3.05) is 45.8 Å². The number of alkyl halides is 2. The Labute approximate surface area is 96.6 Å². The fourth-order valence-electron chi connectivity index (χ4n) is 2.20. The highest BCUT2D eigenvalue weighted by Gasteiger charge is 2.13. The lowest BCUT2D eigenvalue weighted by molar-refractivity contribution is 0.0876. The van der Waals surface area contributed by atoms with Gasteiger partial charge in [0.2, 0.25) is 0 Å². The van der Waals surface area contributed by atoms with Gasteiger partial charge in [-0.05, 0) is 45.4 Å². The van der Waals surface area contributed by atoms with Crippen molar-refractivity contribution in [2.45, 2.75) is 25.7 Å². The third-order valence-corrected chi connectivity index (χ3v) is 2.99.